The number of para-hydroxylation sites is 1. The van der Waals surface area contributed by atoms with E-state index in [-0.39, 0.29) is 5.75 Å². The van der Waals surface area contributed by atoms with Crippen LogP contribution in [0.2, 0.25) is 0 Å². The van der Waals surface area contributed by atoms with Gasteiger partial charge in [-0.15, -0.1) is 10.2 Å². The molecule has 0 saturated carbocycles. The number of aryl methyl sites for hydroxylation is 1. The summed E-state index contributed by atoms with van der Waals surface area (Å²) in [6.45, 7) is 2.02. The number of aromatic nitrogens is 3. The highest BCUT2D eigenvalue weighted by atomic mass is 32.2. The van der Waals surface area contributed by atoms with Crippen molar-refractivity contribution in [2.24, 2.45) is 0 Å². The van der Waals surface area contributed by atoms with Crippen LogP contribution < -0.4 is 0 Å². The van der Waals surface area contributed by atoms with Crippen molar-refractivity contribution in [3.8, 4) is 17.1 Å². The standard InChI is InChI=1S/C22H17F2N3S/c1-15-7-5-6-10-19(15)21-25-26-22(27(21)18-8-3-2-4-9-18)28-14-16-13-17(23)11-12-20(16)24/h2-13H,14H2,1H3. The lowest BCUT2D eigenvalue weighted by Crippen LogP contribution is -2.01. The molecule has 0 unspecified atom stereocenters. The summed E-state index contributed by atoms with van der Waals surface area (Å²) in [5.41, 5.74) is 3.26. The molecule has 1 heterocycles. The van der Waals surface area contributed by atoms with Crippen molar-refractivity contribution in [2.45, 2.75) is 17.8 Å². The molecule has 4 rings (SSSR count). The minimum Gasteiger partial charge on any atom is -0.270 e. The number of rotatable bonds is 5. The zero-order chi connectivity index (χ0) is 19.5. The molecule has 3 aromatic carbocycles. The molecule has 0 N–H and O–H groups in total. The van der Waals surface area contributed by atoms with Crippen LogP contribution in [0.5, 0.6) is 0 Å². The molecule has 0 aliphatic carbocycles. The van der Waals surface area contributed by atoms with Gasteiger partial charge in [0.25, 0.3) is 0 Å². The van der Waals surface area contributed by atoms with Gasteiger partial charge in [-0.25, -0.2) is 8.78 Å². The summed E-state index contributed by atoms with van der Waals surface area (Å²) in [7, 11) is 0. The van der Waals surface area contributed by atoms with Gasteiger partial charge in [0.1, 0.15) is 11.6 Å². The van der Waals surface area contributed by atoms with Crippen LogP contribution in [-0.2, 0) is 5.75 Å². The zero-order valence-corrected chi connectivity index (χ0v) is 16.0. The second-order valence-electron chi connectivity index (χ2n) is 6.32. The van der Waals surface area contributed by atoms with Gasteiger partial charge in [0, 0.05) is 22.6 Å². The first-order valence-corrected chi connectivity index (χ1v) is 9.75. The van der Waals surface area contributed by atoms with Gasteiger partial charge in [0.2, 0.25) is 0 Å². The third-order valence-corrected chi connectivity index (χ3v) is 5.38. The van der Waals surface area contributed by atoms with Crippen molar-refractivity contribution in [2.75, 3.05) is 0 Å². The van der Waals surface area contributed by atoms with Crippen LogP contribution >= 0.6 is 11.8 Å². The summed E-state index contributed by atoms with van der Waals surface area (Å²) in [4.78, 5) is 0. The largest absolute Gasteiger partial charge is 0.270 e. The fraction of sp³-hybridized carbons (Fsp3) is 0.0909. The van der Waals surface area contributed by atoms with E-state index in [4.69, 9.17) is 0 Å². The van der Waals surface area contributed by atoms with Crippen LogP contribution in [0.3, 0.4) is 0 Å². The fourth-order valence-corrected chi connectivity index (χ4v) is 3.89. The SMILES string of the molecule is Cc1ccccc1-c1nnc(SCc2cc(F)ccc2F)n1-c1ccccc1. The summed E-state index contributed by atoms with van der Waals surface area (Å²) in [5.74, 6) is 0.0787. The van der Waals surface area contributed by atoms with Gasteiger partial charge in [-0.2, -0.15) is 0 Å². The summed E-state index contributed by atoms with van der Waals surface area (Å²) >= 11 is 1.32. The maximum Gasteiger partial charge on any atom is 0.196 e. The molecule has 0 radical (unpaired) electrons. The van der Waals surface area contributed by atoms with E-state index in [0.29, 0.717) is 16.5 Å². The average molecular weight is 393 g/mol. The molecule has 28 heavy (non-hydrogen) atoms. The molecule has 3 nitrogen and oxygen atoms in total. The molecular weight excluding hydrogens is 376 g/mol. The molecule has 0 aliphatic heterocycles. The topological polar surface area (TPSA) is 30.7 Å². The Morgan fingerprint density at radius 2 is 1.64 bits per heavy atom. The first-order valence-electron chi connectivity index (χ1n) is 8.77. The number of hydrogen-bond donors (Lipinski definition) is 0. The van der Waals surface area contributed by atoms with E-state index in [1.165, 1.54) is 17.8 Å². The highest BCUT2D eigenvalue weighted by molar-refractivity contribution is 7.98. The molecule has 0 bridgehead atoms. The quantitative estimate of drug-likeness (QED) is 0.401. The lowest BCUT2D eigenvalue weighted by atomic mass is 10.1. The Morgan fingerprint density at radius 3 is 2.43 bits per heavy atom. The Hall–Kier alpha value is -2.99. The average Bonchev–Trinajstić information content (AvgIpc) is 3.13. The third kappa shape index (κ3) is 3.68. The smallest absolute Gasteiger partial charge is 0.196 e. The van der Waals surface area contributed by atoms with Crippen molar-refractivity contribution in [1.82, 2.24) is 14.8 Å². The molecule has 0 spiro atoms. The van der Waals surface area contributed by atoms with Crippen molar-refractivity contribution in [1.29, 1.82) is 0 Å². The van der Waals surface area contributed by atoms with Gasteiger partial charge < -0.3 is 0 Å². The van der Waals surface area contributed by atoms with Crippen LogP contribution in [0, 0.1) is 18.6 Å². The van der Waals surface area contributed by atoms with Crippen molar-refractivity contribution in [3.63, 3.8) is 0 Å². The van der Waals surface area contributed by atoms with Gasteiger partial charge in [0.05, 0.1) is 0 Å². The monoisotopic (exact) mass is 393 g/mol. The maximum absolute atomic E-state index is 14.0. The van der Waals surface area contributed by atoms with Crippen molar-refractivity contribution < 1.29 is 8.78 Å². The van der Waals surface area contributed by atoms with E-state index in [1.807, 2.05) is 66.1 Å². The molecule has 0 amide bonds. The molecule has 0 saturated heterocycles. The van der Waals surface area contributed by atoms with Crippen molar-refractivity contribution >= 4 is 11.8 Å². The summed E-state index contributed by atoms with van der Waals surface area (Å²) in [6.07, 6.45) is 0. The second-order valence-corrected chi connectivity index (χ2v) is 7.26. The molecule has 4 aromatic rings. The van der Waals surface area contributed by atoms with Gasteiger partial charge >= 0.3 is 0 Å². The van der Waals surface area contributed by atoms with Crippen LogP contribution in [0.15, 0.2) is 78.0 Å². The Bertz CT molecular complexity index is 1110. The van der Waals surface area contributed by atoms with Gasteiger partial charge in [0.15, 0.2) is 11.0 Å². The first-order chi connectivity index (χ1) is 13.6. The molecule has 1 aromatic heterocycles. The summed E-state index contributed by atoms with van der Waals surface area (Å²) in [5, 5.41) is 9.36. The molecule has 140 valence electrons. The lowest BCUT2D eigenvalue weighted by Gasteiger charge is -2.12. The molecule has 0 fully saturated rings. The fourth-order valence-electron chi connectivity index (χ4n) is 2.97. The molecule has 0 aliphatic rings. The van der Waals surface area contributed by atoms with E-state index in [9.17, 15) is 8.78 Å². The normalized spacial score (nSPS) is 11.0. The molecule has 6 heteroatoms. The highest BCUT2D eigenvalue weighted by Gasteiger charge is 2.18. The maximum atomic E-state index is 14.0. The van der Waals surface area contributed by atoms with Gasteiger partial charge in [-0.05, 0) is 42.8 Å². The minimum absolute atomic E-state index is 0.252. The summed E-state index contributed by atoms with van der Waals surface area (Å²) in [6, 6.07) is 21.2. The predicted molar refractivity (Wildman–Crippen MR) is 107 cm³/mol. The third-order valence-electron chi connectivity index (χ3n) is 4.40. The minimum atomic E-state index is -0.456. The Kier molecular flexibility index (Phi) is 5.21. The zero-order valence-electron chi connectivity index (χ0n) is 15.1. The first kappa shape index (κ1) is 18.4. The van der Waals surface area contributed by atoms with Gasteiger partial charge in [-0.3, -0.25) is 4.57 Å². The van der Waals surface area contributed by atoms with Crippen LogP contribution in [-0.4, -0.2) is 14.8 Å². The molecule has 0 atom stereocenters. The van der Waals surface area contributed by atoms with E-state index in [0.717, 1.165) is 28.9 Å². The second kappa shape index (κ2) is 7.94. The van der Waals surface area contributed by atoms with E-state index < -0.39 is 11.6 Å². The molecular formula is C22H17F2N3S. The Labute approximate surface area is 166 Å². The number of nitrogens with zero attached hydrogens (tertiary/aromatic N) is 3. The van der Waals surface area contributed by atoms with Crippen LogP contribution in [0.1, 0.15) is 11.1 Å². The number of halogens is 2. The van der Waals surface area contributed by atoms with E-state index in [1.54, 1.807) is 0 Å². The Balaban J connectivity index is 1.76. The number of thioether (sulfide) groups is 1. The van der Waals surface area contributed by atoms with Crippen LogP contribution in [0.25, 0.3) is 17.1 Å². The van der Waals surface area contributed by atoms with Crippen LogP contribution in [0.4, 0.5) is 8.78 Å². The Morgan fingerprint density at radius 1 is 0.893 bits per heavy atom. The van der Waals surface area contributed by atoms with E-state index >= 15 is 0 Å². The van der Waals surface area contributed by atoms with Gasteiger partial charge in [-0.1, -0.05) is 54.2 Å². The summed E-state index contributed by atoms with van der Waals surface area (Å²) < 4.78 is 29.4. The van der Waals surface area contributed by atoms with E-state index in [2.05, 4.69) is 10.2 Å². The number of benzene rings is 3. The highest BCUT2D eigenvalue weighted by Crippen LogP contribution is 2.31. The number of hydrogen-bond acceptors (Lipinski definition) is 3. The predicted octanol–water partition coefficient (Wildman–Crippen LogP) is 5.81. The lowest BCUT2D eigenvalue weighted by molar-refractivity contribution is 0.591. The van der Waals surface area contributed by atoms with Crippen molar-refractivity contribution in [3.05, 3.63) is 95.6 Å².